The molecule has 0 aliphatic rings. The number of furan rings is 2. The van der Waals surface area contributed by atoms with Gasteiger partial charge in [-0.25, -0.2) is 0 Å². The maximum atomic E-state index is 10.5. The van der Waals surface area contributed by atoms with Crippen LogP contribution in [0, 0.1) is 22.7 Å². The molecule has 7 aromatic carbocycles. The highest BCUT2D eigenvalue weighted by Crippen LogP contribution is 2.44. The summed E-state index contributed by atoms with van der Waals surface area (Å²) >= 11 is 0. The van der Waals surface area contributed by atoms with Crippen molar-refractivity contribution >= 4 is 43.9 Å². The fourth-order valence-electron chi connectivity index (χ4n) is 6.96. The van der Waals surface area contributed by atoms with Gasteiger partial charge in [-0.2, -0.15) is 10.5 Å². The maximum absolute atomic E-state index is 10.5. The average molecular weight is 613 g/mol. The van der Waals surface area contributed by atoms with E-state index in [1.807, 2.05) is 91.0 Å². The number of para-hydroxylation sites is 2. The predicted octanol–water partition coefficient (Wildman–Crippen LogP) is 11.9. The lowest BCUT2D eigenvalue weighted by Crippen LogP contribution is -1.95. The lowest BCUT2D eigenvalue weighted by molar-refractivity contribution is 0.668. The van der Waals surface area contributed by atoms with Crippen LogP contribution in [0.25, 0.3) is 88.4 Å². The molecule has 222 valence electrons. The number of nitriles is 2. The fraction of sp³-hybridized carbons (Fsp3) is 0. The van der Waals surface area contributed by atoms with E-state index in [1.54, 1.807) is 0 Å². The molecule has 4 nitrogen and oxygen atoms in total. The summed E-state index contributed by atoms with van der Waals surface area (Å²) in [5, 5.41) is 24.8. The van der Waals surface area contributed by atoms with Crippen molar-refractivity contribution in [2.24, 2.45) is 0 Å². The van der Waals surface area contributed by atoms with E-state index in [0.717, 1.165) is 88.4 Å². The van der Waals surface area contributed by atoms with Gasteiger partial charge in [-0.15, -0.1) is 0 Å². The van der Waals surface area contributed by atoms with Gasteiger partial charge in [0, 0.05) is 32.7 Å². The van der Waals surface area contributed by atoms with E-state index in [2.05, 4.69) is 66.7 Å². The molecule has 0 N–H and O–H groups in total. The van der Waals surface area contributed by atoms with Crippen LogP contribution in [0.5, 0.6) is 0 Å². The second kappa shape index (κ2) is 10.9. The Balaban J connectivity index is 1.33. The van der Waals surface area contributed by atoms with Gasteiger partial charge in [0.25, 0.3) is 0 Å². The van der Waals surface area contributed by atoms with Crippen molar-refractivity contribution in [2.75, 3.05) is 0 Å². The standard InChI is InChI=1S/C44H24N2O2/c45-25-30-8-1-2-10-32(30)36-13-7-9-31(26-46)44(36)39-23-27(28-17-20-42-37(22-28)34-11-3-5-14-40(34)47-42)16-19-33(39)29-18-21-43-38(24-29)35-12-4-6-15-41(35)48-43/h1-24H. The minimum Gasteiger partial charge on any atom is -0.456 e. The van der Waals surface area contributed by atoms with Crippen molar-refractivity contribution in [1.82, 2.24) is 0 Å². The highest BCUT2D eigenvalue weighted by Gasteiger charge is 2.20. The zero-order valence-electron chi connectivity index (χ0n) is 25.6. The third kappa shape index (κ3) is 4.29. The van der Waals surface area contributed by atoms with Crippen molar-refractivity contribution in [3.8, 4) is 56.6 Å². The topological polar surface area (TPSA) is 73.9 Å². The summed E-state index contributed by atoms with van der Waals surface area (Å²) in [5.41, 5.74) is 11.7. The van der Waals surface area contributed by atoms with E-state index in [0.29, 0.717) is 11.1 Å². The first kappa shape index (κ1) is 27.4. The molecule has 2 aromatic heterocycles. The SMILES string of the molecule is N#Cc1ccccc1-c1cccc(C#N)c1-c1cc(-c2ccc3oc4ccccc4c3c2)ccc1-c1ccc2oc3ccccc3c2c1. The van der Waals surface area contributed by atoms with Gasteiger partial charge < -0.3 is 8.83 Å². The molecule has 0 saturated heterocycles. The van der Waals surface area contributed by atoms with Crippen molar-refractivity contribution < 1.29 is 8.83 Å². The van der Waals surface area contributed by atoms with Crippen molar-refractivity contribution in [2.45, 2.75) is 0 Å². The lowest BCUT2D eigenvalue weighted by Gasteiger charge is -2.18. The molecule has 9 aromatic rings. The number of nitrogens with zero attached hydrogens (tertiary/aromatic N) is 2. The van der Waals surface area contributed by atoms with Gasteiger partial charge >= 0.3 is 0 Å². The molecule has 0 bridgehead atoms. The highest BCUT2D eigenvalue weighted by atomic mass is 16.3. The summed E-state index contributed by atoms with van der Waals surface area (Å²) in [4.78, 5) is 0. The van der Waals surface area contributed by atoms with Gasteiger partial charge in [-0.3, -0.25) is 0 Å². The van der Waals surface area contributed by atoms with E-state index in [1.165, 1.54) is 0 Å². The van der Waals surface area contributed by atoms with Crippen LogP contribution < -0.4 is 0 Å². The van der Waals surface area contributed by atoms with Gasteiger partial charge in [0.05, 0.1) is 23.3 Å². The van der Waals surface area contributed by atoms with Crippen molar-refractivity contribution in [3.63, 3.8) is 0 Å². The third-order valence-corrected chi connectivity index (χ3v) is 9.21. The van der Waals surface area contributed by atoms with Crippen LogP contribution in [0.4, 0.5) is 0 Å². The van der Waals surface area contributed by atoms with Gasteiger partial charge in [0.15, 0.2) is 0 Å². The number of benzene rings is 7. The molecule has 0 aliphatic heterocycles. The smallest absolute Gasteiger partial charge is 0.135 e. The molecule has 2 heterocycles. The van der Waals surface area contributed by atoms with Crippen molar-refractivity contribution in [1.29, 1.82) is 10.5 Å². The Hall–Kier alpha value is -6.88. The Morgan fingerprint density at radius 3 is 1.58 bits per heavy atom. The number of fused-ring (bicyclic) bond motifs is 6. The third-order valence-electron chi connectivity index (χ3n) is 9.21. The zero-order valence-corrected chi connectivity index (χ0v) is 25.6. The summed E-state index contributed by atoms with van der Waals surface area (Å²) in [5.74, 6) is 0. The fourth-order valence-corrected chi connectivity index (χ4v) is 6.96. The predicted molar refractivity (Wildman–Crippen MR) is 192 cm³/mol. The first-order chi connectivity index (χ1) is 23.7. The largest absolute Gasteiger partial charge is 0.456 e. The summed E-state index contributed by atoms with van der Waals surface area (Å²) in [6.45, 7) is 0. The van der Waals surface area contributed by atoms with Crippen LogP contribution in [0.2, 0.25) is 0 Å². The van der Waals surface area contributed by atoms with Crippen molar-refractivity contribution in [3.05, 3.63) is 157 Å². The molecule has 0 fully saturated rings. The second-order valence-electron chi connectivity index (χ2n) is 11.9. The highest BCUT2D eigenvalue weighted by molar-refractivity contribution is 6.08. The summed E-state index contributed by atoms with van der Waals surface area (Å²) in [7, 11) is 0. The number of rotatable bonds is 4. The molecule has 0 amide bonds. The van der Waals surface area contributed by atoms with Crippen LogP contribution in [-0.2, 0) is 0 Å². The molecule has 4 heteroatoms. The molecule has 0 spiro atoms. The van der Waals surface area contributed by atoms with Gasteiger partial charge in [-0.1, -0.05) is 91.0 Å². The molecule has 48 heavy (non-hydrogen) atoms. The molecule has 0 atom stereocenters. The Morgan fingerprint density at radius 1 is 0.354 bits per heavy atom. The van der Waals surface area contributed by atoms with Crippen LogP contribution in [-0.4, -0.2) is 0 Å². The lowest BCUT2D eigenvalue weighted by atomic mass is 9.84. The minimum atomic E-state index is 0.532. The van der Waals surface area contributed by atoms with E-state index >= 15 is 0 Å². The summed E-state index contributed by atoms with van der Waals surface area (Å²) < 4.78 is 12.3. The molecule has 0 saturated carbocycles. The van der Waals surface area contributed by atoms with E-state index in [-0.39, 0.29) is 0 Å². The average Bonchev–Trinajstić information content (AvgIpc) is 3.72. The van der Waals surface area contributed by atoms with Gasteiger partial charge in [0.1, 0.15) is 22.3 Å². The Bertz CT molecular complexity index is 2820. The normalized spacial score (nSPS) is 11.3. The number of hydrogen-bond acceptors (Lipinski definition) is 4. The van der Waals surface area contributed by atoms with Crippen LogP contribution >= 0.6 is 0 Å². The quantitative estimate of drug-likeness (QED) is 0.198. The van der Waals surface area contributed by atoms with Gasteiger partial charge in [-0.05, 0) is 88.0 Å². The van der Waals surface area contributed by atoms with Crippen LogP contribution in [0.15, 0.2) is 154 Å². The molecular weight excluding hydrogens is 588 g/mol. The Labute approximate surface area is 275 Å². The zero-order chi connectivity index (χ0) is 32.2. The first-order valence-corrected chi connectivity index (χ1v) is 15.7. The Kier molecular flexibility index (Phi) is 6.22. The van der Waals surface area contributed by atoms with Gasteiger partial charge in [0.2, 0.25) is 0 Å². The van der Waals surface area contributed by atoms with E-state index in [9.17, 15) is 10.5 Å². The molecule has 0 radical (unpaired) electrons. The van der Waals surface area contributed by atoms with Crippen LogP contribution in [0.3, 0.4) is 0 Å². The minimum absolute atomic E-state index is 0.532. The summed E-state index contributed by atoms with van der Waals surface area (Å²) in [6.07, 6.45) is 0. The van der Waals surface area contributed by atoms with E-state index in [4.69, 9.17) is 8.83 Å². The monoisotopic (exact) mass is 612 g/mol. The first-order valence-electron chi connectivity index (χ1n) is 15.7. The molecule has 0 aliphatic carbocycles. The molecule has 0 unspecified atom stereocenters. The maximum Gasteiger partial charge on any atom is 0.135 e. The summed E-state index contributed by atoms with van der Waals surface area (Å²) in [6, 6.07) is 53.2. The molecule has 9 rings (SSSR count). The van der Waals surface area contributed by atoms with E-state index < -0.39 is 0 Å². The van der Waals surface area contributed by atoms with Crippen LogP contribution in [0.1, 0.15) is 11.1 Å². The number of hydrogen-bond donors (Lipinski definition) is 0. The molecular formula is C44H24N2O2. The second-order valence-corrected chi connectivity index (χ2v) is 11.9. The Morgan fingerprint density at radius 2 is 0.875 bits per heavy atom.